The second-order valence-corrected chi connectivity index (χ2v) is 5.61. The van der Waals surface area contributed by atoms with Crippen LogP contribution in [0.1, 0.15) is 58.8 Å². The van der Waals surface area contributed by atoms with Crippen molar-refractivity contribution in [2.75, 3.05) is 0 Å². The van der Waals surface area contributed by atoms with Gasteiger partial charge >= 0.3 is 11.9 Å². The van der Waals surface area contributed by atoms with E-state index in [4.69, 9.17) is 9.47 Å². The molecule has 2 N–H and O–H groups in total. The Morgan fingerprint density at radius 2 is 1.90 bits per heavy atom. The molecule has 0 bridgehead atoms. The maximum absolute atomic E-state index is 11.6. The van der Waals surface area contributed by atoms with Crippen LogP contribution >= 0.6 is 0 Å². The van der Waals surface area contributed by atoms with Gasteiger partial charge in [-0.1, -0.05) is 19.8 Å². The summed E-state index contributed by atoms with van der Waals surface area (Å²) in [5, 5.41) is 19.4. The molecule has 4 atom stereocenters. The summed E-state index contributed by atoms with van der Waals surface area (Å²) in [7, 11) is 0. The molecule has 0 radical (unpaired) electrons. The lowest BCUT2D eigenvalue weighted by atomic mass is 9.95. The molecular weight excluding hydrogens is 276 g/mol. The smallest absolute Gasteiger partial charge is 0.317 e. The van der Waals surface area contributed by atoms with Crippen LogP contribution in [0.25, 0.3) is 0 Å². The van der Waals surface area contributed by atoms with Crippen LogP contribution in [0.2, 0.25) is 0 Å². The summed E-state index contributed by atoms with van der Waals surface area (Å²) >= 11 is 0. The molecule has 0 heterocycles. The van der Waals surface area contributed by atoms with Crippen LogP contribution in [-0.2, 0) is 19.1 Å². The van der Waals surface area contributed by atoms with Gasteiger partial charge in [0.25, 0.3) is 0 Å². The molecule has 0 spiro atoms. The largest absolute Gasteiger partial charge is 0.459 e. The molecule has 1 fully saturated rings. The monoisotopic (exact) mass is 302 g/mol. The van der Waals surface area contributed by atoms with E-state index in [1.54, 1.807) is 6.92 Å². The molecule has 6 heteroatoms. The Labute approximate surface area is 125 Å². The van der Waals surface area contributed by atoms with Gasteiger partial charge in [-0.2, -0.15) is 0 Å². The predicted octanol–water partition coefficient (Wildman–Crippen LogP) is 1.32. The molecule has 1 rings (SSSR count). The van der Waals surface area contributed by atoms with Crippen molar-refractivity contribution in [2.45, 2.75) is 83.2 Å². The summed E-state index contributed by atoms with van der Waals surface area (Å²) in [5.41, 5.74) is 0. The van der Waals surface area contributed by atoms with Gasteiger partial charge in [-0.25, -0.2) is 0 Å². The van der Waals surface area contributed by atoms with E-state index in [1.165, 1.54) is 0 Å². The van der Waals surface area contributed by atoms with Crippen LogP contribution < -0.4 is 0 Å². The second kappa shape index (κ2) is 9.00. The van der Waals surface area contributed by atoms with Crippen LogP contribution in [-0.4, -0.2) is 46.6 Å². The van der Waals surface area contributed by atoms with Crippen molar-refractivity contribution in [3.05, 3.63) is 0 Å². The highest BCUT2D eigenvalue weighted by atomic mass is 16.6. The van der Waals surface area contributed by atoms with E-state index in [-0.39, 0.29) is 0 Å². The van der Waals surface area contributed by atoms with E-state index in [0.717, 1.165) is 19.3 Å². The van der Waals surface area contributed by atoms with Gasteiger partial charge in [0.1, 0.15) is 18.6 Å². The first-order chi connectivity index (χ1) is 9.93. The van der Waals surface area contributed by atoms with E-state index in [0.29, 0.717) is 19.3 Å². The molecule has 0 saturated heterocycles. The first kappa shape index (κ1) is 17.9. The number of hydrogen-bond acceptors (Lipinski definition) is 6. The Balaban J connectivity index is 2.31. The summed E-state index contributed by atoms with van der Waals surface area (Å²) in [6, 6.07) is 0. The van der Waals surface area contributed by atoms with Gasteiger partial charge in [0.05, 0.1) is 12.2 Å². The molecule has 6 nitrogen and oxygen atoms in total. The minimum Gasteiger partial charge on any atom is -0.459 e. The zero-order valence-electron chi connectivity index (χ0n) is 12.8. The molecule has 122 valence electrons. The zero-order valence-corrected chi connectivity index (χ0v) is 12.8. The Morgan fingerprint density at radius 1 is 1.24 bits per heavy atom. The molecule has 1 aliphatic carbocycles. The maximum atomic E-state index is 11.6. The molecule has 0 aromatic rings. The van der Waals surface area contributed by atoms with E-state index in [9.17, 15) is 19.8 Å². The molecule has 4 unspecified atom stereocenters. The van der Waals surface area contributed by atoms with Gasteiger partial charge in [-0.05, 0) is 32.6 Å². The number of hydrogen-bond donors (Lipinski definition) is 2. The van der Waals surface area contributed by atoms with Crippen molar-refractivity contribution in [3.8, 4) is 0 Å². The highest BCUT2D eigenvalue weighted by Gasteiger charge is 2.28. The number of carbonyl (C=O) groups is 2. The molecule has 0 aromatic heterocycles. The zero-order chi connectivity index (χ0) is 15.8. The van der Waals surface area contributed by atoms with Crippen LogP contribution in [0.5, 0.6) is 0 Å². The van der Waals surface area contributed by atoms with Crippen molar-refractivity contribution < 1.29 is 29.3 Å². The summed E-state index contributed by atoms with van der Waals surface area (Å²) in [6.45, 7) is 3.51. The van der Waals surface area contributed by atoms with Crippen molar-refractivity contribution in [2.24, 2.45) is 0 Å². The lowest BCUT2D eigenvalue weighted by Gasteiger charge is -2.27. The predicted molar refractivity (Wildman–Crippen MR) is 75.4 cm³/mol. The van der Waals surface area contributed by atoms with Crippen LogP contribution in [0, 0.1) is 0 Å². The minimum atomic E-state index is -0.727. The van der Waals surface area contributed by atoms with Crippen LogP contribution in [0.3, 0.4) is 0 Å². The van der Waals surface area contributed by atoms with E-state index in [2.05, 4.69) is 0 Å². The molecule has 1 saturated carbocycles. The Hall–Kier alpha value is -1.14. The lowest BCUT2D eigenvalue weighted by molar-refractivity contribution is -0.167. The normalized spacial score (nSPS) is 25.0. The van der Waals surface area contributed by atoms with Crippen LogP contribution in [0.4, 0.5) is 0 Å². The molecule has 0 aliphatic heterocycles. The summed E-state index contributed by atoms with van der Waals surface area (Å²) in [4.78, 5) is 23.2. The third-order valence-corrected chi connectivity index (χ3v) is 3.68. The van der Waals surface area contributed by atoms with Gasteiger partial charge in [0.15, 0.2) is 0 Å². The molecule has 21 heavy (non-hydrogen) atoms. The Kier molecular flexibility index (Phi) is 7.67. The van der Waals surface area contributed by atoms with Gasteiger partial charge in [-0.15, -0.1) is 0 Å². The fraction of sp³-hybridized carbons (Fsp3) is 0.867. The average Bonchev–Trinajstić information content (AvgIpc) is 2.41. The molecule has 1 aliphatic rings. The highest BCUT2D eigenvalue weighted by Crippen LogP contribution is 2.21. The fourth-order valence-corrected chi connectivity index (χ4v) is 2.40. The minimum absolute atomic E-state index is 0.494. The topological polar surface area (TPSA) is 93.1 Å². The summed E-state index contributed by atoms with van der Waals surface area (Å²) in [6.07, 6.45) is 1.33. The standard InChI is InChI=1S/C15H26O6/c1-3-6-11(16)10(2)20-14(18)9-15(19)21-13-8-5-4-7-12(13)17/h10-13,16-17H,3-9H2,1-2H3. The number of rotatable bonds is 7. The van der Waals surface area contributed by atoms with Crippen LogP contribution in [0.15, 0.2) is 0 Å². The first-order valence-electron chi connectivity index (χ1n) is 7.69. The van der Waals surface area contributed by atoms with Gasteiger partial charge in [-0.3, -0.25) is 9.59 Å². The van der Waals surface area contributed by atoms with Gasteiger partial charge in [0.2, 0.25) is 0 Å². The van der Waals surface area contributed by atoms with E-state index in [1.807, 2.05) is 6.92 Å². The van der Waals surface area contributed by atoms with Gasteiger partial charge < -0.3 is 19.7 Å². The lowest BCUT2D eigenvalue weighted by Crippen LogP contribution is -2.35. The highest BCUT2D eigenvalue weighted by molar-refractivity contribution is 5.91. The SMILES string of the molecule is CCCC(O)C(C)OC(=O)CC(=O)OC1CCCCC1O. The van der Waals surface area contributed by atoms with Gasteiger partial charge in [0, 0.05) is 0 Å². The summed E-state index contributed by atoms with van der Waals surface area (Å²) in [5.74, 6) is -1.41. The number of carbonyl (C=O) groups excluding carboxylic acids is 2. The maximum Gasteiger partial charge on any atom is 0.317 e. The second-order valence-electron chi connectivity index (χ2n) is 5.61. The van der Waals surface area contributed by atoms with E-state index >= 15 is 0 Å². The third-order valence-electron chi connectivity index (χ3n) is 3.68. The number of esters is 2. The van der Waals surface area contributed by atoms with Crippen molar-refractivity contribution in [3.63, 3.8) is 0 Å². The van der Waals surface area contributed by atoms with Crippen molar-refractivity contribution >= 4 is 11.9 Å². The number of aliphatic hydroxyl groups excluding tert-OH is 2. The number of aliphatic hydroxyl groups is 2. The van der Waals surface area contributed by atoms with Crippen molar-refractivity contribution in [1.29, 1.82) is 0 Å². The fourth-order valence-electron chi connectivity index (χ4n) is 2.40. The van der Waals surface area contributed by atoms with E-state index < -0.39 is 42.8 Å². The molecule has 0 amide bonds. The first-order valence-corrected chi connectivity index (χ1v) is 7.69. The third kappa shape index (κ3) is 6.44. The average molecular weight is 302 g/mol. The number of ether oxygens (including phenoxy) is 2. The Bertz CT molecular complexity index is 343. The quantitative estimate of drug-likeness (QED) is 0.544. The summed E-state index contributed by atoms with van der Waals surface area (Å²) < 4.78 is 10.1. The molecular formula is C15H26O6. The Morgan fingerprint density at radius 3 is 2.52 bits per heavy atom. The van der Waals surface area contributed by atoms with Crippen molar-refractivity contribution in [1.82, 2.24) is 0 Å². The molecule has 0 aromatic carbocycles.